The number of nitrogens with two attached hydrogens (primary N) is 1. The minimum Gasteiger partial charge on any atom is -0.384 e. The second kappa shape index (κ2) is 5.03. The van der Waals surface area contributed by atoms with Crippen LogP contribution in [0.1, 0.15) is 38.6 Å². The van der Waals surface area contributed by atoms with Crippen molar-refractivity contribution in [2.45, 2.75) is 38.6 Å². The molecule has 4 nitrogen and oxygen atoms in total. The maximum Gasteiger partial charge on any atom is 0.123 e. The minimum absolute atomic E-state index is 0.544. The molecule has 0 spiro atoms. The molecule has 3 rings (SSSR count). The van der Waals surface area contributed by atoms with E-state index in [1.54, 1.807) is 0 Å². The normalized spacial score (nSPS) is 16.5. The number of nitrogen functional groups attached to an aromatic ring is 1. The Bertz CT molecular complexity index is 540. The van der Waals surface area contributed by atoms with E-state index < -0.39 is 0 Å². The van der Waals surface area contributed by atoms with Gasteiger partial charge >= 0.3 is 0 Å². The molecule has 19 heavy (non-hydrogen) atoms. The van der Waals surface area contributed by atoms with Crippen molar-refractivity contribution >= 4 is 5.82 Å². The summed E-state index contributed by atoms with van der Waals surface area (Å²) in [5.41, 5.74) is 7.87. The van der Waals surface area contributed by atoms with E-state index in [0.717, 1.165) is 23.6 Å². The molecule has 0 radical (unpaired) electrons. The Morgan fingerprint density at radius 2 is 2.21 bits per heavy atom. The van der Waals surface area contributed by atoms with Gasteiger partial charge in [-0.25, -0.2) is 9.97 Å². The zero-order valence-electron chi connectivity index (χ0n) is 11.3. The smallest absolute Gasteiger partial charge is 0.123 e. The van der Waals surface area contributed by atoms with E-state index in [1.807, 2.05) is 30.9 Å². The van der Waals surface area contributed by atoms with Crippen LogP contribution < -0.4 is 5.73 Å². The molecule has 0 bridgehead atoms. The van der Waals surface area contributed by atoms with Gasteiger partial charge in [0, 0.05) is 17.8 Å². The van der Waals surface area contributed by atoms with E-state index in [4.69, 9.17) is 5.73 Å². The molecule has 1 saturated carbocycles. The van der Waals surface area contributed by atoms with Crippen LogP contribution in [0.2, 0.25) is 0 Å². The molecule has 2 aromatic heterocycles. The lowest BCUT2D eigenvalue weighted by molar-refractivity contribution is 0.431. The number of anilines is 1. The number of rotatable bonds is 5. The second-order valence-corrected chi connectivity index (χ2v) is 5.40. The Kier molecular flexibility index (Phi) is 3.23. The monoisotopic (exact) mass is 256 g/mol. The molecule has 0 aliphatic heterocycles. The third-order valence-corrected chi connectivity index (χ3v) is 3.92. The van der Waals surface area contributed by atoms with Gasteiger partial charge in [-0.2, -0.15) is 0 Å². The van der Waals surface area contributed by atoms with Crippen LogP contribution in [0.4, 0.5) is 5.82 Å². The summed E-state index contributed by atoms with van der Waals surface area (Å²) in [5.74, 6) is 1.48. The minimum atomic E-state index is 0.544. The lowest BCUT2D eigenvalue weighted by Gasteiger charge is -2.19. The highest BCUT2D eigenvalue weighted by atomic mass is 15.1. The van der Waals surface area contributed by atoms with Crippen molar-refractivity contribution in [3.8, 4) is 11.3 Å². The Morgan fingerprint density at radius 3 is 2.84 bits per heavy atom. The number of hydrogen-bond acceptors (Lipinski definition) is 3. The van der Waals surface area contributed by atoms with Gasteiger partial charge in [0.25, 0.3) is 0 Å². The fourth-order valence-corrected chi connectivity index (χ4v) is 2.59. The molecule has 2 N–H and O–H groups in total. The van der Waals surface area contributed by atoms with Gasteiger partial charge in [-0.3, -0.25) is 0 Å². The van der Waals surface area contributed by atoms with Crippen LogP contribution in [0.5, 0.6) is 0 Å². The Morgan fingerprint density at radius 1 is 1.37 bits per heavy atom. The largest absolute Gasteiger partial charge is 0.384 e. The van der Waals surface area contributed by atoms with E-state index in [2.05, 4.69) is 21.5 Å². The Hall–Kier alpha value is -1.84. The van der Waals surface area contributed by atoms with Crippen molar-refractivity contribution in [1.82, 2.24) is 14.5 Å². The predicted molar refractivity (Wildman–Crippen MR) is 76.5 cm³/mol. The first-order valence-electron chi connectivity index (χ1n) is 7.01. The summed E-state index contributed by atoms with van der Waals surface area (Å²) in [7, 11) is 0. The lowest BCUT2D eigenvalue weighted by Crippen LogP contribution is -2.09. The first-order chi connectivity index (χ1) is 9.28. The lowest BCUT2D eigenvalue weighted by atomic mass is 10.1. The van der Waals surface area contributed by atoms with Crippen LogP contribution in [0.3, 0.4) is 0 Å². The standard InChI is InChI=1S/C15H20N4/c1-2-13(7-11-3-4-11)19-10-17-9-14(19)12-5-6-15(16)18-8-12/h5-6,8-11,13H,2-4,7H2,1H3,(H2,16,18). The van der Waals surface area contributed by atoms with E-state index in [1.165, 1.54) is 19.3 Å². The molecule has 1 unspecified atom stereocenters. The molecule has 1 atom stereocenters. The molecular formula is C15H20N4. The topological polar surface area (TPSA) is 56.7 Å². The van der Waals surface area contributed by atoms with Crippen LogP contribution in [0.15, 0.2) is 30.9 Å². The highest BCUT2D eigenvalue weighted by Gasteiger charge is 2.26. The van der Waals surface area contributed by atoms with Crippen LogP contribution in [-0.2, 0) is 0 Å². The number of pyridine rings is 1. The van der Waals surface area contributed by atoms with Gasteiger partial charge in [-0.05, 0) is 30.9 Å². The zero-order valence-corrected chi connectivity index (χ0v) is 11.3. The number of hydrogen-bond donors (Lipinski definition) is 1. The fourth-order valence-electron chi connectivity index (χ4n) is 2.59. The predicted octanol–water partition coefficient (Wildman–Crippen LogP) is 3.28. The van der Waals surface area contributed by atoms with Crippen LogP contribution >= 0.6 is 0 Å². The summed E-state index contributed by atoms with van der Waals surface area (Å²) in [4.78, 5) is 8.49. The molecule has 0 aromatic carbocycles. The summed E-state index contributed by atoms with van der Waals surface area (Å²) in [5, 5.41) is 0. The van der Waals surface area contributed by atoms with Crippen molar-refractivity contribution in [2.24, 2.45) is 5.92 Å². The molecule has 0 saturated heterocycles. The number of imidazole rings is 1. The van der Waals surface area contributed by atoms with Gasteiger partial charge in [-0.15, -0.1) is 0 Å². The molecule has 0 amide bonds. The summed E-state index contributed by atoms with van der Waals surface area (Å²) in [6.45, 7) is 2.25. The maximum atomic E-state index is 5.64. The van der Waals surface area contributed by atoms with Gasteiger partial charge in [0.05, 0.1) is 18.2 Å². The molecule has 2 heterocycles. The first-order valence-corrected chi connectivity index (χ1v) is 7.01. The fraction of sp³-hybridized carbons (Fsp3) is 0.467. The second-order valence-electron chi connectivity index (χ2n) is 5.40. The van der Waals surface area contributed by atoms with E-state index in [-0.39, 0.29) is 0 Å². The van der Waals surface area contributed by atoms with Gasteiger partial charge in [0.1, 0.15) is 5.82 Å². The molecule has 100 valence electrons. The summed E-state index contributed by atoms with van der Waals surface area (Å²) in [6, 6.07) is 4.40. The van der Waals surface area contributed by atoms with Crippen LogP contribution in [0.25, 0.3) is 11.3 Å². The third kappa shape index (κ3) is 2.62. The van der Waals surface area contributed by atoms with Crippen molar-refractivity contribution in [3.63, 3.8) is 0 Å². The van der Waals surface area contributed by atoms with Crippen LogP contribution in [-0.4, -0.2) is 14.5 Å². The zero-order chi connectivity index (χ0) is 13.2. The van der Waals surface area contributed by atoms with Crippen molar-refractivity contribution in [2.75, 3.05) is 5.73 Å². The summed E-state index contributed by atoms with van der Waals surface area (Å²) < 4.78 is 2.30. The van der Waals surface area contributed by atoms with Crippen molar-refractivity contribution in [3.05, 3.63) is 30.9 Å². The summed E-state index contributed by atoms with van der Waals surface area (Å²) in [6.07, 6.45) is 10.9. The molecule has 4 heteroatoms. The van der Waals surface area contributed by atoms with E-state index in [9.17, 15) is 0 Å². The van der Waals surface area contributed by atoms with Gasteiger partial charge in [-0.1, -0.05) is 19.8 Å². The van der Waals surface area contributed by atoms with Gasteiger partial charge < -0.3 is 10.3 Å². The molecular weight excluding hydrogens is 236 g/mol. The average Bonchev–Trinajstić information content (AvgIpc) is 3.12. The average molecular weight is 256 g/mol. The SMILES string of the molecule is CCC(CC1CC1)n1cncc1-c1ccc(N)nc1. The highest BCUT2D eigenvalue weighted by Crippen LogP contribution is 2.39. The Labute approximate surface area is 113 Å². The Balaban J connectivity index is 1.89. The number of nitrogens with zero attached hydrogens (tertiary/aromatic N) is 3. The van der Waals surface area contributed by atoms with Crippen molar-refractivity contribution in [1.29, 1.82) is 0 Å². The van der Waals surface area contributed by atoms with Gasteiger partial charge in [0.2, 0.25) is 0 Å². The van der Waals surface area contributed by atoms with Gasteiger partial charge in [0.15, 0.2) is 0 Å². The van der Waals surface area contributed by atoms with Crippen molar-refractivity contribution < 1.29 is 0 Å². The number of aromatic nitrogens is 3. The van der Waals surface area contributed by atoms with Crippen LogP contribution in [0, 0.1) is 5.92 Å². The summed E-state index contributed by atoms with van der Waals surface area (Å²) >= 11 is 0. The molecule has 2 aromatic rings. The molecule has 1 fully saturated rings. The maximum absolute atomic E-state index is 5.64. The highest BCUT2D eigenvalue weighted by molar-refractivity contribution is 5.59. The first kappa shape index (κ1) is 12.2. The quantitative estimate of drug-likeness (QED) is 0.893. The molecule has 1 aliphatic rings. The third-order valence-electron chi connectivity index (χ3n) is 3.92. The van der Waals surface area contributed by atoms with E-state index in [0.29, 0.717) is 11.9 Å². The van der Waals surface area contributed by atoms with E-state index >= 15 is 0 Å². The molecule has 1 aliphatic carbocycles.